The largest absolute Gasteiger partial charge is 0.464 e. The maximum absolute atomic E-state index is 12.5. The third-order valence-corrected chi connectivity index (χ3v) is 4.47. The van der Waals surface area contributed by atoms with Crippen LogP contribution < -0.4 is 5.32 Å². The van der Waals surface area contributed by atoms with Gasteiger partial charge < -0.3 is 14.3 Å². The van der Waals surface area contributed by atoms with Crippen LogP contribution in [-0.2, 0) is 6.54 Å². The Kier molecular flexibility index (Phi) is 4.04. The van der Waals surface area contributed by atoms with Gasteiger partial charge in [0.2, 0.25) is 0 Å². The maximum atomic E-state index is 12.5. The van der Waals surface area contributed by atoms with Crippen LogP contribution in [0.15, 0.2) is 77.7 Å². The Morgan fingerprint density at radius 3 is 2.76 bits per heavy atom. The van der Waals surface area contributed by atoms with Gasteiger partial charge in [-0.25, -0.2) is 0 Å². The first-order valence-electron chi connectivity index (χ1n) is 7.88. The number of carbonyl (C=O) groups is 1. The minimum absolute atomic E-state index is 0.151. The SMILES string of the molecule is O=C(NCc1c(Cl)cccc1-n1cccc1)c1ccc2occc2c1. The highest BCUT2D eigenvalue weighted by Gasteiger charge is 2.12. The molecule has 0 unspecified atom stereocenters. The molecule has 5 heteroatoms. The van der Waals surface area contributed by atoms with Crippen molar-refractivity contribution in [3.8, 4) is 5.69 Å². The fourth-order valence-electron chi connectivity index (χ4n) is 2.84. The molecule has 0 spiro atoms. The van der Waals surface area contributed by atoms with E-state index in [2.05, 4.69) is 5.32 Å². The smallest absolute Gasteiger partial charge is 0.251 e. The van der Waals surface area contributed by atoms with Crippen molar-refractivity contribution in [2.75, 3.05) is 0 Å². The van der Waals surface area contributed by atoms with Crippen LogP contribution in [0.5, 0.6) is 0 Å². The second-order valence-corrected chi connectivity index (χ2v) is 6.09. The van der Waals surface area contributed by atoms with Gasteiger partial charge >= 0.3 is 0 Å². The van der Waals surface area contributed by atoms with Gasteiger partial charge in [0.05, 0.1) is 12.0 Å². The molecule has 2 aromatic heterocycles. The summed E-state index contributed by atoms with van der Waals surface area (Å²) in [5.74, 6) is -0.151. The number of rotatable bonds is 4. The zero-order chi connectivity index (χ0) is 17.2. The monoisotopic (exact) mass is 350 g/mol. The molecular formula is C20H15ClN2O2. The lowest BCUT2D eigenvalue weighted by atomic mass is 10.1. The molecule has 0 aliphatic heterocycles. The molecule has 4 nitrogen and oxygen atoms in total. The standard InChI is InChI=1S/C20H15ClN2O2/c21-17-4-3-5-18(23-9-1-2-10-23)16(17)13-22-20(24)15-6-7-19-14(12-15)8-11-25-19/h1-12H,13H2,(H,22,24). The molecule has 0 saturated carbocycles. The van der Waals surface area contributed by atoms with E-state index in [1.165, 1.54) is 0 Å². The molecule has 0 atom stereocenters. The van der Waals surface area contributed by atoms with Crippen LogP contribution in [0, 0.1) is 0 Å². The lowest BCUT2D eigenvalue weighted by Crippen LogP contribution is -2.23. The number of halogens is 1. The zero-order valence-corrected chi connectivity index (χ0v) is 14.0. The lowest BCUT2D eigenvalue weighted by Gasteiger charge is -2.13. The summed E-state index contributed by atoms with van der Waals surface area (Å²) in [5.41, 5.74) is 3.17. The predicted molar refractivity (Wildman–Crippen MR) is 98.2 cm³/mol. The van der Waals surface area contributed by atoms with E-state index >= 15 is 0 Å². The van der Waals surface area contributed by atoms with Crippen LogP contribution >= 0.6 is 11.6 Å². The van der Waals surface area contributed by atoms with Crippen molar-refractivity contribution >= 4 is 28.5 Å². The van der Waals surface area contributed by atoms with E-state index in [0.717, 1.165) is 22.2 Å². The van der Waals surface area contributed by atoms with Crippen molar-refractivity contribution in [3.63, 3.8) is 0 Å². The summed E-state index contributed by atoms with van der Waals surface area (Å²) in [6, 6.07) is 16.8. The van der Waals surface area contributed by atoms with Crippen LogP contribution in [-0.4, -0.2) is 10.5 Å². The van der Waals surface area contributed by atoms with E-state index in [9.17, 15) is 4.79 Å². The van der Waals surface area contributed by atoms with Crippen molar-refractivity contribution in [3.05, 3.63) is 89.4 Å². The summed E-state index contributed by atoms with van der Waals surface area (Å²) in [6.07, 6.45) is 5.51. The number of carbonyl (C=O) groups excluding carboxylic acids is 1. The summed E-state index contributed by atoms with van der Waals surface area (Å²) in [7, 11) is 0. The van der Waals surface area contributed by atoms with E-state index < -0.39 is 0 Å². The quantitative estimate of drug-likeness (QED) is 0.574. The van der Waals surface area contributed by atoms with Gasteiger partial charge in [-0.15, -0.1) is 0 Å². The average Bonchev–Trinajstić information content (AvgIpc) is 3.31. The fourth-order valence-corrected chi connectivity index (χ4v) is 3.07. The molecular weight excluding hydrogens is 336 g/mol. The highest BCUT2D eigenvalue weighted by atomic mass is 35.5. The molecule has 124 valence electrons. The van der Waals surface area contributed by atoms with Crippen molar-refractivity contribution < 1.29 is 9.21 Å². The third-order valence-electron chi connectivity index (χ3n) is 4.12. The topological polar surface area (TPSA) is 47.2 Å². The first kappa shape index (κ1) is 15.5. The minimum Gasteiger partial charge on any atom is -0.464 e. The van der Waals surface area contributed by atoms with Crippen LogP contribution in [0.2, 0.25) is 5.02 Å². The van der Waals surface area contributed by atoms with Gasteiger partial charge in [0.1, 0.15) is 5.58 Å². The van der Waals surface area contributed by atoms with E-state index in [0.29, 0.717) is 17.1 Å². The Morgan fingerprint density at radius 2 is 1.92 bits per heavy atom. The normalized spacial score (nSPS) is 10.9. The maximum Gasteiger partial charge on any atom is 0.251 e. The molecule has 0 bridgehead atoms. The number of benzene rings is 2. The second-order valence-electron chi connectivity index (χ2n) is 5.68. The lowest BCUT2D eigenvalue weighted by molar-refractivity contribution is 0.0951. The van der Waals surface area contributed by atoms with E-state index in [1.54, 1.807) is 18.4 Å². The first-order chi connectivity index (χ1) is 12.2. The van der Waals surface area contributed by atoms with Crippen LogP contribution in [0.25, 0.3) is 16.7 Å². The number of aromatic nitrogens is 1. The minimum atomic E-state index is -0.151. The summed E-state index contributed by atoms with van der Waals surface area (Å²) in [5, 5.41) is 4.47. The first-order valence-corrected chi connectivity index (χ1v) is 8.26. The molecule has 0 saturated heterocycles. The second kappa shape index (κ2) is 6.49. The number of nitrogens with zero attached hydrogens (tertiary/aromatic N) is 1. The highest BCUT2D eigenvalue weighted by Crippen LogP contribution is 2.24. The van der Waals surface area contributed by atoms with Crippen LogP contribution in [0.4, 0.5) is 0 Å². The molecule has 0 aliphatic rings. The van der Waals surface area contributed by atoms with Gasteiger partial charge in [0.15, 0.2) is 0 Å². The van der Waals surface area contributed by atoms with E-state index in [-0.39, 0.29) is 5.91 Å². The van der Waals surface area contributed by atoms with Gasteiger partial charge in [-0.2, -0.15) is 0 Å². The number of amides is 1. The molecule has 4 aromatic rings. The van der Waals surface area contributed by atoms with Crippen LogP contribution in [0.3, 0.4) is 0 Å². The zero-order valence-electron chi connectivity index (χ0n) is 13.3. The molecule has 4 rings (SSSR count). The Bertz CT molecular complexity index is 1030. The molecule has 0 fully saturated rings. The average molecular weight is 351 g/mol. The Labute approximate surface area is 149 Å². The summed E-state index contributed by atoms with van der Waals surface area (Å²) in [6.45, 7) is 0.343. The molecule has 2 aromatic carbocycles. The Hall–Kier alpha value is -2.98. The van der Waals surface area contributed by atoms with Crippen molar-refractivity contribution in [1.29, 1.82) is 0 Å². The van der Waals surface area contributed by atoms with E-state index in [4.69, 9.17) is 16.0 Å². The van der Waals surface area contributed by atoms with Crippen molar-refractivity contribution in [2.24, 2.45) is 0 Å². The highest BCUT2D eigenvalue weighted by molar-refractivity contribution is 6.31. The Balaban J connectivity index is 1.58. The summed E-state index contributed by atoms with van der Waals surface area (Å²) >= 11 is 6.36. The molecule has 0 radical (unpaired) electrons. The Morgan fingerprint density at radius 1 is 1.08 bits per heavy atom. The number of fused-ring (bicyclic) bond motifs is 1. The van der Waals surface area contributed by atoms with E-state index in [1.807, 2.05) is 59.4 Å². The molecule has 25 heavy (non-hydrogen) atoms. The number of hydrogen-bond acceptors (Lipinski definition) is 2. The van der Waals surface area contributed by atoms with Gasteiger partial charge in [0.25, 0.3) is 5.91 Å². The molecule has 2 heterocycles. The molecule has 1 amide bonds. The number of nitrogens with one attached hydrogen (secondary N) is 1. The molecule has 1 N–H and O–H groups in total. The van der Waals surface area contributed by atoms with Crippen LogP contribution in [0.1, 0.15) is 15.9 Å². The summed E-state index contributed by atoms with van der Waals surface area (Å²) < 4.78 is 7.28. The summed E-state index contributed by atoms with van der Waals surface area (Å²) in [4.78, 5) is 12.5. The van der Waals surface area contributed by atoms with Gasteiger partial charge in [-0.3, -0.25) is 4.79 Å². The number of furan rings is 1. The molecule has 0 aliphatic carbocycles. The third kappa shape index (κ3) is 3.04. The number of hydrogen-bond donors (Lipinski definition) is 1. The van der Waals surface area contributed by atoms with Gasteiger partial charge in [0, 0.05) is 40.5 Å². The fraction of sp³-hybridized carbons (Fsp3) is 0.0500. The van der Waals surface area contributed by atoms with Crippen molar-refractivity contribution in [2.45, 2.75) is 6.54 Å². The predicted octanol–water partition coefficient (Wildman–Crippen LogP) is 4.81. The van der Waals surface area contributed by atoms with Crippen molar-refractivity contribution in [1.82, 2.24) is 9.88 Å². The van der Waals surface area contributed by atoms with Gasteiger partial charge in [-0.05, 0) is 48.5 Å². The van der Waals surface area contributed by atoms with Gasteiger partial charge in [-0.1, -0.05) is 17.7 Å².